The molecule has 0 bridgehead atoms. The van der Waals surface area contributed by atoms with Gasteiger partial charge >= 0.3 is 0 Å². The molecule has 2 aromatic heterocycles. The van der Waals surface area contributed by atoms with Crippen molar-refractivity contribution in [2.75, 3.05) is 26.7 Å². The third-order valence-corrected chi connectivity index (χ3v) is 4.97. The lowest BCUT2D eigenvalue weighted by atomic mass is 10.0. The van der Waals surface area contributed by atoms with Crippen molar-refractivity contribution in [2.45, 2.75) is 6.04 Å². The zero-order chi connectivity index (χ0) is 16.4. The quantitative estimate of drug-likeness (QED) is 0.696. The standard InChI is InChI=1S/C19H22N5/c1-22-14-15-24(23-13-5-10-21-23,18-8-11-20-12-9-18)19(16-22)17-6-3-2-4-7-17/h2-13,19H,14-16H2,1H3/q+1. The van der Waals surface area contributed by atoms with E-state index < -0.39 is 0 Å². The van der Waals surface area contributed by atoms with Gasteiger partial charge in [-0.05, 0) is 13.1 Å². The predicted molar refractivity (Wildman–Crippen MR) is 95.2 cm³/mol. The Labute approximate surface area is 142 Å². The number of benzene rings is 1. The van der Waals surface area contributed by atoms with Crippen LogP contribution in [0.1, 0.15) is 11.6 Å². The Morgan fingerprint density at radius 1 is 1.00 bits per heavy atom. The Balaban J connectivity index is 1.93. The highest BCUT2D eigenvalue weighted by atomic mass is 15.8. The van der Waals surface area contributed by atoms with E-state index in [-0.39, 0.29) is 6.04 Å². The zero-order valence-corrected chi connectivity index (χ0v) is 13.9. The summed E-state index contributed by atoms with van der Waals surface area (Å²) < 4.78 is 0.671. The summed E-state index contributed by atoms with van der Waals surface area (Å²) in [5.74, 6) is 0. The number of nitrogens with zero attached hydrogens (tertiary/aromatic N) is 5. The Bertz CT molecular complexity index is 772. The monoisotopic (exact) mass is 320 g/mol. The van der Waals surface area contributed by atoms with Gasteiger partial charge in [-0.1, -0.05) is 30.3 Å². The molecule has 3 aromatic rings. The maximum atomic E-state index is 4.64. The number of rotatable bonds is 3. The minimum absolute atomic E-state index is 0.271. The number of piperazine rings is 1. The van der Waals surface area contributed by atoms with Gasteiger partial charge in [0, 0.05) is 30.1 Å². The van der Waals surface area contributed by atoms with Crippen LogP contribution in [0.4, 0.5) is 5.69 Å². The second kappa shape index (κ2) is 6.19. The normalized spacial score (nSPS) is 24.8. The van der Waals surface area contributed by atoms with Crippen LogP contribution in [-0.2, 0) is 0 Å². The molecule has 3 heterocycles. The molecule has 1 aromatic carbocycles. The number of hydrogen-bond donors (Lipinski definition) is 0. The highest BCUT2D eigenvalue weighted by Crippen LogP contribution is 2.38. The molecule has 2 atom stereocenters. The molecule has 0 amide bonds. The van der Waals surface area contributed by atoms with Gasteiger partial charge in [-0.25, -0.2) is 0 Å². The van der Waals surface area contributed by atoms with Crippen LogP contribution in [0.2, 0.25) is 0 Å². The second-order valence-electron chi connectivity index (χ2n) is 6.37. The molecule has 24 heavy (non-hydrogen) atoms. The number of hydrogen-bond acceptors (Lipinski definition) is 3. The van der Waals surface area contributed by atoms with Gasteiger partial charge in [-0.3, -0.25) is 9.88 Å². The summed E-state index contributed by atoms with van der Waals surface area (Å²) in [4.78, 5) is 8.71. The lowest BCUT2D eigenvalue weighted by molar-refractivity contribution is 0.0416. The first-order chi connectivity index (χ1) is 11.8. The fourth-order valence-electron chi connectivity index (χ4n) is 3.77. The van der Waals surface area contributed by atoms with Crippen LogP contribution in [0, 0.1) is 0 Å². The topological polar surface area (TPSA) is 34.0 Å². The molecule has 4 rings (SSSR count). The van der Waals surface area contributed by atoms with Crippen LogP contribution in [-0.4, -0.2) is 46.5 Å². The van der Waals surface area contributed by atoms with Crippen LogP contribution in [0.15, 0.2) is 73.3 Å². The van der Waals surface area contributed by atoms with Gasteiger partial charge in [-0.2, -0.15) is 4.59 Å². The molecule has 5 nitrogen and oxygen atoms in total. The summed E-state index contributed by atoms with van der Waals surface area (Å²) in [5, 5.41) is 4.64. The summed E-state index contributed by atoms with van der Waals surface area (Å²) in [7, 11) is 2.19. The van der Waals surface area contributed by atoms with Gasteiger partial charge in [0.05, 0.1) is 25.5 Å². The lowest BCUT2D eigenvalue weighted by Crippen LogP contribution is -2.64. The molecule has 2 unspecified atom stereocenters. The van der Waals surface area contributed by atoms with Crippen molar-refractivity contribution in [3.05, 3.63) is 78.9 Å². The van der Waals surface area contributed by atoms with E-state index in [9.17, 15) is 0 Å². The Hall–Kier alpha value is -2.50. The van der Waals surface area contributed by atoms with Crippen molar-refractivity contribution < 1.29 is 0 Å². The van der Waals surface area contributed by atoms with E-state index in [2.05, 4.69) is 75.5 Å². The summed E-state index contributed by atoms with van der Waals surface area (Å²) in [6.07, 6.45) is 7.68. The molecular weight excluding hydrogens is 298 g/mol. The Morgan fingerprint density at radius 2 is 1.79 bits per heavy atom. The molecule has 1 fully saturated rings. The number of aromatic nitrogens is 3. The van der Waals surface area contributed by atoms with E-state index in [1.807, 2.05) is 24.7 Å². The Kier molecular flexibility index (Phi) is 3.88. The third-order valence-electron chi connectivity index (χ3n) is 4.97. The first kappa shape index (κ1) is 15.1. The van der Waals surface area contributed by atoms with Crippen molar-refractivity contribution >= 4 is 5.69 Å². The lowest BCUT2D eigenvalue weighted by Gasteiger charge is -2.47. The maximum Gasteiger partial charge on any atom is 0.162 e. The zero-order valence-electron chi connectivity index (χ0n) is 13.9. The van der Waals surface area contributed by atoms with Gasteiger partial charge in [0.15, 0.2) is 11.7 Å². The van der Waals surface area contributed by atoms with Crippen molar-refractivity contribution in [1.82, 2.24) is 24.4 Å². The van der Waals surface area contributed by atoms with Gasteiger partial charge < -0.3 is 0 Å². The first-order valence-electron chi connectivity index (χ1n) is 8.33. The Morgan fingerprint density at radius 3 is 2.50 bits per heavy atom. The first-order valence-corrected chi connectivity index (χ1v) is 8.33. The van der Waals surface area contributed by atoms with Crippen molar-refractivity contribution in [1.29, 1.82) is 0 Å². The number of pyridine rings is 1. The molecule has 1 saturated heterocycles. The minimum atomic E-state index is 0.271. The van der Waals surface area contributed by atoms with Gasteiger partial charge in [0.25, 0.3) is 0 Å². The van der Waals surface area contributed by atoms with Crippen molar-refractivity contribution in [3.63, 3.8) is 0 Å². The molecule has 0 N–H and O–H groups in total. The largest absolute Gasteiger partial charge is 0.295 e. The van der Waals surface area contributed by atoms with Gasteiger partial charge in [-0.15, -0.1) is 9.89 Å². The third kappa shape index (κ3) is 2.42. The van der Waals surface area contributed by atoms with Crippen LogP contribution in [0.25, 0.3) is 0 Å². The molecule has 5 heteroatoms. The SMILES string of the molecule is CN1CC[N+](c2ccncc2)(n2cccn2)C(c2ccccc2)C1. The average Bonchev–Trinajstić information content (AvgIpc) is 3.18. The second-order valence-corrected chi connectivity index (χ2v) is 6.37. The van der Waals surface area contributed by atoms with E-state index in [0.717, 1.165) is 19.6 Å². The predicted octanol–water partition coefficient (Wildman–Crippen LogP) is 2.74. The highest BCUT2D eigenvalue weighted by Gasteiger charge is 2.47. The summed E-state index contributed by atoms with van der Waals surface area (Å²) in [6.45, 7) is 2.96. The molecular formula is C19H22N5+. The van der Waals surface area contributed by atoms with Crippen LogP contribution in [0.3, 0.4) is 0 Å². The average molecular weight is 320 g/mol. The van der Waals surface area contributed by atoms with E-state index in [1.54, 1.807) is 0 Å². The molecule has 1 aliphatic rings. The van der Waals surface area contributed by atoms with Gasteiger partial charge in [0.1, 0.15) is 6.54 Å². The number of likely N-dealkylation sites (N-methyl/N-ethyl adjacent to an activating group) is 1. The van der Waals surface area contributed by atoms with Gasteiger partial charge in [0.2, 0.25) is 0 Å². The fourth-order valence-corrected chi connectivity index (χ4v) is 3.77. The van der Waals surface area contributed by atoms with Crippen LogP contribution in [0.5, 0.6) is 0 Å². The van der Waals surface area contributed by atoms with E-state index in [4.69, 9.17) is 0 Å². The number of quaternary nitrogens is 1. The summed E-state index contributed by atoms with van der Waals surface area (Å²) in [5.41, 5.74) is 2.55. The molecule has 0 saturated carbocycles. The maximum absolute atomic E-state index is 4.64. The van der Waals surface area contributed by atoms with Crippen LogP contribution >= 0.6 is 0 Å². The van der Waals surface area contributed by atoms with E-state index in [1.165, 1.54) is 11.3 Å². The molecule has 0 aliphatic carbocycles. The van der Waals surface area contributed by atoms with E-state index in [0.29, 0.717) is 4.59 Å². The fraction of sp³-hybridized carbons (Fsp3) is 0.263. The van der Waals surface area contributed by atoms with Crippen LogP contribution < -0.4 is 4.59 Å². The summed E-state index contributed by atoms with van der Waals surface area (Å²) >= 11 is 0. The van der Waals surface area contributed by atoms with Crippen molar-refractivity contribution in [2.24, 2.45) is 0 Å². The minimum Gasteiger partial charge on any atom is -0.295 e. The molecule has 0 radical (unpaired) electrons. The smallest absolute Gasteiger partial charge is 0.162 e. The molecule has 122 valence electrons. The molecule has 1 aliphatic heterocycles. The highest BCUT2D eigenvalue weighted by molar-refractivity contribution is 5.44. The van der Waals surface area contributed by atoms with Crippen molar-refractivity contribution in [3.8, 4) is 0 Å². The van der Waals surface area contributed by atoms with E-state index >= 15 is 0 Å². The molecule has 0 spiro atoms. The summed E-state index contributed by atoms with van der Waals surface area (Å²) in [6, 6.07) is 17.3.